The van der Waals surface area contributed by atoms with Crippen molar-refractivity contribution in [1.29, 1.82) is 0 Å². The van der Waals surface area contributed by atoms with Gasteiger partial charge < -0.3 is 9.30 Å². The molecule has 0 saturated carbocycles. The number of tetrazole rings is 1. The van der Waals surface area contributed by atoms with Gasteiger partial charge in [-0.05, 0) is 54.5 Å². The first-order valence-corrected chi connectivity index (χ1v) is 10.9. The molecule has 8 heteroatoms. The van der Waals surface area contributed by atoms with Gasteiger partial charge in [-0.25, -0.2) is 4.79 Å². The van der Waals surface area contributed by atoms with E-state index in [1.54, 1.807) is 13.0 Å². The summed E-state index contributed by atoms with van der Waals surface area (Å²) < 4.78 is 8.79. The fourth-order valence-electron chi connectivity index (χ4n) is 3.74. The van der Waals surface area contributed by atoms with Gasteiger partial charge in [0.2, 0.25) is 5.78 Å². The highest BCUT2D eigenvalue weighted by Gasteiger charge is 2.21. The lowest BCUT2D eigenvalue weighted by Gasteiger charge is -2.11. The molecule has 2 heterocycles. The van der Waals surface area contributed by atoms with E-state index in [0.29, 0.717) is 17.9 Å². The van der Waals surface area contributed by atoms with E-state index in [9.17, 15) is 9.59 Å². The molecule has 0 aliphatic heterocycles. The molecule has 0 fully saturated rings. The van der Waals surface area contributed by atoms with Gasteiger partial charge in [0.15, 0.2) is 18.1 Å². The van der Waals surface area contributed by atoms with E-state index in [4.69, 9.17) is 4.74 Å². The van der Waals surface area contributed by atoms with E-state index >= 15 is 0 Å². The molecule has 0 aliphatic carbocycles. The van der Waals surface area contributed by atoms with E-state index < -0.39 is 5.97 Å². The molecule has 0 atom stereocenters. The van der Waals surface area contributed by atoms with Crippen LogP contribution in [0.25, 0.3) is 11.8 Å². The van der Waals surface area contributed by atoms with Crippen LogP contribution < -0.4 is 0 Å². The monoisotopic (exact) mass is 455 g/mol. The molecule has 8 nitrogen and oxygen atoms in total. The maximum atomic E-state index is 13.0. The first-order valence-electron chi connectivity index (χ1n) is 10.9. The summed E-state index contributed by atoms with van der Waals surface area (Å²) in [5.41, 5.74) is 4.37. The normalized spacial score (nSPS) is 11.4. The molecular weight excluding hydrogens is 430 g/mol. The number of esters is 1. The Hall–Kier alpha value is -4.33. The van der Waals surface area contributed by atoms with Gasteiger partial charge in [0.05, 0.1) is 0 Å². The largest absolute Gasteiger partial charge is 0.453 e. The van der Waals surface area contributed by atoms with Gasteiger partial charge in [-0.3, -0.25) is 4.79 Å². The topological polar surface area (TPSA) is 91.9 Å². The number of Topliss-reactive ketones (excluding diaryl/α,β-unsaturated/α-hetero) is 1. The van der Waals surface area contributed by atoms with Gasteiger partial charge in [-0.2, -0.15) is 4.68 Å². The maximum Gasteiger partial charge on any atom is 0.357 e. The van der Waals surface area contributed by atoms with Crippen LogP contribution in [0.1, 0.15) is 38.7 Å². The molecule has 2 aromatic heterocycles. The standard InChI is InChI=1S/C26H25N5O3/c1-18-14-23(19(2)30(18)16-22-12-8-5-9-13-22)25(32)17-34-26(33)24(31-20(3)27-28-29-31)15-21-10-6-4-7-11-21/h4-15H,16-17H2,1-3H3/b24-15-. The lowest BCUT2D eigenvalue weighted by Crippen LogP contribution is -2.19. The molecular formula is C26H25N5O3. The maximum absolute atomic E-state index is 13.0. The van der Waals surface area contributed by atoms with Crippen molar-refractivity contribution in [2.45, 2.75) is 27.3 Å². The van der Waals surface area contributed by atoms with Crippen LogP contribution >= 0.6 is 0 Å². The molecule has 0 unspecified atom stereocenters. The zero-order valence-corrected chi connectivity index (χ0v) is 19.3. The number of carbonyl (C=O) groups excluding carboxylic acids is 2. The number of ether oxygens (including phenoxy) is 1. The van der Waals surface area contributed by atoms with Crippen molar-refractivity contribution >= 4 is 23.5 Å². The number of rotatable bonds is 8. The Bertz CT molecular complexity index is 1340. The molecule has 0 bridgehead atoms. The minimum Gasteiger partial charge on any atom is -0.453 e. The van der Waals surface area contributed by atoms with Crippen LogP contribution in [0.4, 0.5) is 0 Å². The molecule has 4 aromatic rings. The molecule has 0 radical (unpaired) electrons. The van der Waals surface area contributed by atoms with Gasteiger partial charge in [0.1, 0.15) is 0 Å². The summed E-state index contributed by atoms with van der Waals surface area (Å²) in [5.74, 6) is -0.533. The third kappa shape index (κ3) is 5.01. The van der Waals surface area contributed by atoms with Crippen molar-refractivity contribution in [3.05, 3.63) is 101 Å². The number of hydrogen-bond acceptors (Lipinski definition) is 6. The first kappa shape index (κ1) is 22.8. The average Bonchev–Trinajstić information content (AvgIpc) is 3.40. The number of carbonyl (C=O) groups is 2. The Morgan fingerprint density at radius 2 is 1.65 bits per heavy atom. The smallest absolute Gasteiger partial charge is 0.357 e. The van der Waals surface area contributed by atoms with Gasteiger partial charge in [0, 0.05) is 23.5 Å². The highest BCUT2D eigenvalue weighted by molar-refractivity contribution is 6.16. The van der Waals surface area contributed by atoms with Crippen molar-refractivity contribution in [2.24, 2.45) is 0 Å². The second kappa shape index (κ2) is 10.1. The van der Waals surface area contributed by atoms with E-state index in [0.717, 1.165) is 22.5 Å². The summed E-state index contributed by atoms with van der Waals surface area (Å²) in [6, 6.07) is 21.2. The molecule has 4 rings (SSSR count). The van der Waals surface area contributed by atoms with Crippen LogP contribution in [0.2, 0.25) is 0 Å². The Balaban J connectivity index is 1.51. The van der Waals surface area contributed by atoms with Crippen LogP contribution in [0.3, 0.4) is 0 Å². The van der Waals surface area contributed by atoms with Crippen molar-refractivity contribution < 1.29 is 14.3 Å². The van der Waals surface area contributed by atoms with Gasteiger partial charge in [0.25, 0.3) is 0 Å². The highest BCUT2D eigenvalue weighted by Crippen LogP contribution is 2.19. The Kier molecular flexibility index (Phi) is 6.77. The quantitative estimate of drug-likeness (QED) is 0.228. The second-order valence-electron chi connectivity index (χ2n) is 7.93. The fraction of sp³-hybridized carbons (Fsp3) is 0.192. The van der Waals surface area contributed by atoms with Crippen LogP contribution in [-0.2, 0) is 16.1 Å². The number of benzene rings is 2. The number of ketones is 1. The summed E-state index contributed by atoms with van der Waals surface area (Å²) >= 11 is 0. The predicted molar refractivity (Wildman–Crippen MR) is 128 cm³/mol. The predicted octanol–water partition coefficient (Wildman–Crippen LogP) is 3.87. The van der Waals surface area contributed by atoms with Crippen LogP contribution in [0.15, 0.2) is 66.7 Å². The molecule has 0 N–H and O–H groups in total. The fourth-order valence-corrected chi connectivity index (χ4v) is 3.74. The third-order valence-electron chi connectivity index (χ3n) is 5.56. The Morgan fingerprint density at radius 1 is 0.971 bits per heavy atom. The minimum atomic E-state index is -0.689. The van der Waals surface area contributed by atoms with Crippen molar-refractivity contribution in [3.63, 3.8) is 0 Å². The van der Waals surface area contributed by atoms with E-state index in [1.807, 2.05) is 80.6 Å². The van der Waals surface area contributed by atoms with Gasteiger partial charge in [-0.1, -0.05) is 60.7 Å². The SMILES string of the molecule is Cc1nnnn1/C(=C\c1ccccc1)C(=O)OCC(=O)c1cc(C)n(Cc2ccccc2)c1C. The van der Waals surface area contributed by atoms with Gasteiger partial charge in [-0.15, -0.1) is 5.10 Å². The van der Waals surface area contributed by atoms with Crippen LogP contribution in [0, 0.1) is 20.8 Å². The van der Waals surface area contributed by atoms with Crippen LogP contribution in [0.5, 0.6) is 0 Å². The van der Waals surface area contributed by atoms with E-state index in [1.165, 1.54) is 4.68 Å². The van der Waals surface area contributed by atoms with Crippen molar-refractivity contribution in [3.8, 4) is 0 Å². The number of nitrogens with zero attached hydrogens (tertiary/aromatic N) is 5. The average molecular weight is 456 g/mol. The minimum absolute atomic E-state index is 0.121. The lowest BCUT2D eigenvalue weighted by atomic mass is 10.1. The number of aryl methyl sites for hydroxylation is 2. The zero-order chi connectivity index (χ0) is 24.1. The van der Waals surface area contributed by atoms with Gasteiger partial charge >= 0.3 is 5.97 Å². The first-order chi connectivity index (χ1) is 16.4. The molecule has 0 saturated heterocycles. The number of aromatic nitrogens is 5. The molecule has 0 amide bonds. The third-order valence-corrected chi connectivity index (χ3v) is 5.56. The van der Waals surface area contributed by atoms with E-state index in [-0.39, 0.29) is 18.1 Å². The summed E-state index contributed by atoms with van der Waals surface area (Å²) in [4.78, 5) is 25.9. The Labute approximate surface area is 197 Å². The second-order valence-corrected chi connectivity index (χ2v) is 7.93. The highest BCUT2D eigenvalue weighted by atomic mass is 16.5. The Morgan fingerprint density at radius 3 is 2.29 bits per heavy atom. The summed E-state index contributed by atoms with van der Waals surface area (Å²) in [7, 11) is 0. The summed E-state index contributed by atoms with van der Waals surface area (Å²) in [5, 5.41) is 11.3. The van der Waals surface area contributed by atoms with Crippen molar-refractivity contribution in [1.82, 2.24) is 24.8 Å². The molecule has 34 heavy (non-hydrogen) atoms. The summed E-state index contributed by atoms with van der Waals surface area (Å²) in [6.07, 6.45) is 1.63. The molecule has 0 spiro atoms. The number of hydrogen-bond donors (Lipinski definition) is 0. The van der Waals surface area contributed by atoms with Crippen LogP contribution in [-0.4, -0.2) is 43.1 Å². The summed E-state index contributed by atoms with van der Waals surface area (Å²) in [6.45, 7) is 5.81. The molecule has 2 aromatic carbocycles. The molecule has 0 aliphatic rings. The zero-order valence-electron chi connectivity index (χ0n) is 19.3. The lowest BCUT2D eigenvalue weighted by molar-refractivity contribution is -0.136. The van der Waals surface area contributed by atoms with E-state index in [2.05, 4.69) is 20.1 Å². The molecule has 172 valence electrons. The van der Waals surface area contributed by atoms with Crippen molar-refractivity contribution in [2.75, 3.05) is 6.61 Å².